The first-order valence-corrected chi connectivity index (χ1v) is 20.5. The summed E-state index contributed by atoms with van der Waals surface area (Å²) in [6.07, 6.45) is 2.17. The van der Waals surface area contributed by atoms with Crippen LogP contribution in [0, 0.1) is 0 Å². The molecule has 0 N–H and O–H groups in total. The zero-order valence-electron chi connectivity index (χ0n) is 37.0. The summed E-state index contributed by atoms with van der Waals surface area (Å²) in [4.78, 5) is 8.66. The van der Waals surface area contributed by atoms with E-state index in [1.54, 1.807) is 0 Å². The zero-order valence-corrected chi connectivity index (χ0v) is 35.0. The highest BCUT2D eigenvalue weighted by molar-refractivity contribution is 6.09. The summed E-state index contributed by atoms with van der Waals surface area (Å²) in [5.41, 5.74) is 9.04. The Hall–Kier alpha value is -6.59. The highest BCUT2D eigenvalue weighted by atomic mass is 16.5. The van der Waals surface area contributed by atoms with E-state index in [1.165, 1.54) is 16.7 Å². The van der Waals surface area contributed by atoms with Crippen LogP contribution in [-0.4, -0.2) is 16.2 Å². The Kier molecular flexibility index (Phi) is 8.83. The van der Waals surface area contributed by atoms with Gasteiger partial charge in [0.2, 0.25) is 0 Å². The van der Waals surface area contributed by atoms with E-state index in [0.29, 0.717) is 18.2 Å². The molecule has 8 aromatic rings. The predicted molar refractivity (Wildman–Crippen MR) is 246 cm³/mol. The van der Waals surface area contributed by atoms with Crippen molar-refractivity contribution in [3.05, 3.63) is 204 Å². The van der Waals surface area contributed by atoms with Crippen molar-refractivity contribution < 1.29 is 7.48 Å². The molecule has 0 amide bonds. The zero-order chi connectivity index (χ0) is 42.7. The molecule has 0 saturated carbocycles. The lowest BCUT2D eigenvalue weighted by molar-refractivity contribution is 0.483. The fourth-order valence-corrected chi connectivity index (χ4v) is 8.28. The summed E-state index contributed by atoms with van der Waals surface area (Å²) in [7, 11) is 0. The normalized spacial score (nSPS) is 14.3. The minimum Gasteiger partial charge on any atom is -0.457 e. The van der Waals surface area contributed by atoms with E-state index in [1.807, 2.05) is 46.3 Å². The number of fused-ring (bicyclic) bond motifs is 3. The van der Waals surface area contributed by atoms with Gasteiger partial charge < -0.3 is 14.5 Å². The molecule has 3 heterocycles. The summed E-state index contributed by atoms with van der Waals surface area (Å²) in [5.74, 6) is 2.20. The Bertz CT molecular complexity index is 2870. The van der Waals surface area contributed by atoms with E-state index >= 15 is 0 Å². The Balaban J connectivity index is 1.05. The van der Waals surface area contributed by atoms with Gasteiger partial charge in [-0.05, 0) is 87.8 Å². The first-order valence-electron chi connectivity index (χ1n) is 21.5. The van der Waals surface area contributed by atoms with Crippen molar-refractivity contribution in [1.29, 1.82) is 0 Å². The standard InChI is InChI=1S/C54H52N4O/c1-52(2,3)40-27-28-55-51(34-40)58-49-24-15-14-23-47(49)48-26-25-46(36-50(48)58)59-45-22-16-21-43(35-45)56-29-30-57(37-56)44-32-41(53(4,5)38-17-10-8-11-18-38)31-42(33-44)54(6,7)39-19-12-9-13-20-39/h8-36H,37H2,1-7H3/i29D,30D. The van der Waals surface area contributed by atoms with Crippen LogP contribution in [0.3, 0.4) is 0 Å². The second-order valence-electron chi connectivity index (χ2n) is 17.8. The second kappa shape index (κ2) is 14.7. The molecule has 9 rings (SSSR count). The number of benzene rings is 6. The van der Waals surface area contributed by atoms with Crippen molar-refractivity contribution >= 4 is 33.2 Å². The monoisotopic (exact) mass is 774 g/mol. The van der Waals surface area contributed by atoms with Crippen molar-refractivity contribution in [2.75, 3.05) is 16.5 Å². The maximum atomic E-state index is 9.33. The second-order valence-corrected chi connectivity index (χ2v) is 17.8. The largest absolute Gasteiger partial charge is 0.457 e. The van der Waals surface area contributed by atoms with Gasteiger partial charge in [-0.25, -0.2) is 4.98 Å². The molecular weight excluding hydrogens is 721 g/mol. The number of ether oxygens (including phenoxy) is 1. The van der Waals surface area contributed by atoms with E-state index in [2.05, 4.69) is 180 Å². The molecule has 6 aromatic carbocycles. The first kappa shape index (κ1) is 35.6. The molecule has 0 unspecified atom stereocenters. The maximum absolute atomic E-state index is 9.33. The Labute approximate surface area is 351 Å². The van der Waals surface area contributed by atoms with Crippen molar-refractivity contribution in [2.24, 2.45) is 0 Å². The number of hydrogen-bond donors (Lipinski definition) is 0. The van der Waals surface area contributed by atoms with Crippen LogP contribution in [0.5, 0.6) is 11.5 Å². The van der Waals surface area contributed by atoms with Gasteiger partial charge in [-0.3, -0.25) is 4.57 Å². The van der Waals surface area contributed by atoms with Gasteiger partial charge >= 0.3 is 0 Å². The highest BCUT2D eigenvalue weighted by Crippen LogP contribution is 2.41. The lowest BCUT2D eigenvalue weighted by atomic mass is 9.73. The summed E-state index contributed by atoms with van der Waals surface area (Å²) < 4.78 is 27.4. The van der Waals surface area contributed by atoms with Crippen LogP contribution in [0.1, 0.15) is 79.0 Å². The van der Waals surface area contributed by atoms with Gasteiger partial charge in [0.05, 0.1) is 20.4 Å². The summed E-state index contributed by atoms with van der Waals surface area (Å²) in [6, 6.07) is 54.7. The molecule has 5 nitrogen and oxygen atoms in total. The fourth-order valence-electron chi connectivity index (χ4n) is 8.28. The number of aromatic nitrogens is 2. The smallest absolute Gasteiger partial charge is 0.137 e. The quantitative estimate of drug-likeness (QED) is 0.146. The minimum absolute atomic E-state index is 0.0253. The molecule has 5 heteroatoms. The fraction of sp³-hybridized carbons (Fsp3) is 0.204. The minimum atomic E-state index is -0.316. The Morgan fingerprint density at radius 3 is 1.75 bits per heavy atom. The van der Waals surface area contributed by atoms with Crippen LogP contribution in [0.4, 0.5) is 11.4 Å². The lowest BCUT2D eigenvalue weighted by Gasteiger charge is -2.33. The van der Waals surface area contributed by atoms with Crippen LogP contribution in [-0.2, 0) is 16.2 Å². The average molecular weight is 775 g/mol. The number of para-hydroxylation sites is 1. The number of rotatable bonds is 9. The molecule has 0 bridgehead atoms. The molecule has 1 aliphatic rings. The Morgan fingerprint density at radius 2 is 1.08 bits per heavy atom. The van der Waals surface area contributed by atoms with Crippen molar-refractivity contribution in [3.63, 3.8) is 0 Å². The topological polar surface area (TPSA) is 33.5 Å². The van der Waals surface area contributed by atoms with Gasteiger partial charge in [-0.2, -0.15) is 0 Å². The van der Waals surface area contributed by atoms with Crippen LogP contribution in [0.25, 0.3) is 27.6 Å². The van der Waals surface area contributed by atoms with E-state index in [-0.39, 0.29) is 28.6 Å². The van der Waals surface area contributed by atoms with Crippen molar-refractivity contribution in [1.82, 2.24) is 9.55 Å². The molecule has 59 heavy (non-hydrogen) atoms. The SMILES string of the molecule is [2H]C1=C([2H])N(c2cc(C(C)(C)c3ccccc3)cc(C(C)(C)c3ccccc3)c2)CN1c1cccc(Oc2ccc3c4ccccc4n(-c4cc(C(C)(C)C)ccn4)c3c2)c1. The molecule has 0 aliphatic carbocycles. The Morgan fingerprint density at radius 1 is 0.492 bits per heavy atom. The summed E-state index contributed by atoms with van der Waals surface area (Å²) in [5, 5.41) is 2.27. The number of nitrogens with zero attached hydrogens (tertiary/aromatic N) is 4. The van der Waals surface area contributed by atoms with Gasteiger partial charge in [0, 0.05) is 63.7 Å². The first-order chi connectivity index (χ1) is 29.2. The third-order valence-corrected chi connectivity index (χ3v) is 12.1. The third kappa shape index (κ3) is 7.16. The third-order valence-electron chi connectivity index (χ3n) is 12.1. The van der Waals surface area contributed by atoms with Gasteiger partial charge in [0.15, 0.2) is 0 Å². The molecule has 0 spiro atoms. The van der Waals surface area contributed by atoms with E-state index in [9.17, 15) is 2.74 Å². The van der Waals surface area contributed by atoms with Crippen LogP contribution >= 0.6 is 0 Å². The molecule has 0 radical (unpaired) electrons. The molecule has 0 saturated heterocycles. The van der Waals surface area contributed by atoms with Gasteiger partial charge in [0.25, 0.3) is 0 Å². The molecule has 0 atom stereocenters. The molecule has 1 aliphatic heterocycles. The molecule has 2 aromatic heterocycles. The molecule has 294 valence electrons. The van der Waals surface area contributed by atoms with Crippen LogP contribution in [0.2, 0.25) is 0 Å². The molecular formula is C54H52N4O. The van der Waals surface area contributed by atoms with Crippen LogP contribution < -0.4 is 14.5 Å². The van der Waals surface area contributed by atoms with Crippen molar-refractivity contribution in [2.45, 2.75) is 64.7 Å². The van der Waals surface area contributed by atoms with E-state index < -0.39 is 0 Å². The summed E-state index contributed by atoms with van der Waals surface area (Å²) in [6.45, 7) is 16.0. The number of hydrogen-bond acceptors (Lipinski definition) is 4. The van der Waals surface area contributed by atoms with Crippen LogP contribution in [0.15, 0.2) is 176 Å². The molecule has 0 fully saturated rings. The number of pyridine rings is 1. The van der Waals surface area contributed by atoms with Gasteiger partial charge in [-0.1, -0.05) is 139 Å². The van der Waals surface area contributed by atoms with Crippen molar-refractivity contribution in [3.8, 4) is 17.3 Å². The lowest BCUT2D eigenvalue weighted by Crippen LogP contribution is -2.27. The van der Waals surface area contributed by atoms with E-state index in [4.69, 9.17) is 9.72 Å². The van der Waals surface area contributed by atoms with Gasteiger partial charge in [-0.15, -0.1) is 0 Å². The van der Waals surface area contributed by atoms with Gasteiger partial charge in [0.1, 0.15) is 17.3 Å². The highest BCUT2D eigenvalue weighted by Gasteiger charge is 2.30. The number of anilines is 2. The maximum Gasteiger partial charge on any atom is 0.137 e. The van der Waals surface area contributed by atoms with E-state index in [0.717, 1.165) is 50.1 Å². The predicted octanol–water partition coefficient (Wildman–Crippen LogP) is 13.7. The summed E-state index contributed by atoms with van der Waals surface area (Å²) >= 11 is 0. The average Bonchev–Trinajstić information content (AvgIpc) is 3.76.